The molecule has 2 heterocycles. The van der Waals surface area contributed by atoms with E-state index < -0.39 is 0 Å². The van der Waals surface area contributed by atoms with Crippen molar-refractivity contribution >= 4 is 11.6 Å². The monoisotopic (exact) mass is 374 g/mol. The van der Waals surface area contributed by atoms with Crippen LogP contribution >= 0.6 is 0 Å². The van der Waals surface area contributed by atoms with Gasteiger partial charge in [-0.05, 0) is 41.1 Å². The Labute approximate surface area is 161 Å². The summed E-state index contributed by atoms with van der Waals surface area (Å²) in [6, 6.07) is 15.3. The first-order chi connectivity index (χ1) is 13.7. The van der Waals surface area contributed by atoms with E-state index in [1.807, 2.05) is 55.5 Å². The number of aromatic nitrogens is 5. The van der Waals surface area contributed by atoms with Crippen LogP contribution in [-0.2, 0) is 11.2 Å². The SMILES string of the molecule is Cc1cc(NC(=O)CCc2ncc(-c3ccccc3)o2)ccc1-n1cnnn1. The second-order valence-corrected chi connectivity index (χ2v) is 6.29. The summed E-state index contributed by atoms with van der Waals surface area (Å²) in [6.07, 6.45) is 3.92. The molecule has 8 heteroatoms. The molecule has 0 aliphatic carbocycles. The third kappa shape index (κ3) is 3.96. The lowest BCUT2D eigenvalue weighted by molar-refractivity contribution is -0.116. The summed E-state index contributed by atoms with van der Waals surface area (Å²) in [5, 5.41) is 14.0. The van der Waals surface area contributed by atoms with Crippen molar-refractivity contribution < 1.29 is 9.21 Å². The van der Waals surface area contributed by atoms with Crippen molar-refractivity contribution in [2.75, 3.05) is 5.32 Å². The van der Waals surface area contributed by atoms with Crippen LogP contribution in [0.3, 0.4) is 0 Å². The van der Waals surface area contributed by atoms with Crippen LogP contribution in [0.2, 0.25) is 0 Å². The molecule has 2 aromatic carbocycles. The van der Waals surface area contributed by atoms with Crippen molar-refractivity contribution in [3.8, 4) is 17.0 Å². The number of hydrogen-bond donors (Lipinski definition) is 1. The van der Waals surface area contributed by atoms with Crippen LogP contribution in [0, 0.1) is 6.92 Å². The molecule has 0 atom stereocenters. The Morgan fingerprint density at radius 1 is 1.18 bits per heavy atom. The smallest absolute Gasteiger partial charge is 0.224 e. The maximum absolute atomic E-state index is 12.3. The van der Waals surface area contributed by atoms with E-state index in [1.165, 1.54) is 6.33 Å². The summed E-state index contributed by atoms with van der Waals surface area (Å²) < 4.78 is 7.31. The van der Waals surface area contributed by atoms with E-state index in [0.29, 0.717) is 18.1 Å². The highest BCUT2D eigenvalue weighted by Gasteiger charge is 2.10. The van der Waals surface area contributed by atoms with Crippen molar-refractivity contribution in [2.24, 2.45) is 0 Å². The van der Waals surface area contributed by atoms with E-state index in [4.69, 9.17) is 4.42 Å². The summed E-state index contributed by atoms with van der Waals surface area (Å²) in [4.78, 5) is 16.5. The molecule has 0 saturated heterocycles. The minimum absolute atomic E-state index is 0.103. The summed E-state index contributed by atoms with van der Waals surface area (Å²) in [6.45, 7) is 1.94. The van der Waals surface area contributed by atoms with E-state index in [1.54, 1.807) is 10.9 Å². The van der Waals surface area contributed by atoms with E-state index in [0.717, 1.165) is 22.5 Å². The maximum Gasteiger partial charge on any atom is 0.224 e. The number of rotatable bonds is 6. The van der Waals surface area contributed by atoms with Gasteiger partial charge >= 0.3 is 0 Å². The highest BCUT2D eigenvalue weighted by atomic mass is 16.4. The molecular weight excluding hydrogens is 356 g/mol. The first-order valence-electron chi connectivity index (χ1n) is 8.83. The summed E-state index contributed by atoms with van der Waals surface area (Å²) in [5.74, 6) is 1.14. The Kier molecular flexibility index (Phi) is 4.92. The standard InChI is InChI=1S/C20H18N6O2/c1-14-11-16(7-8-17(14)26-13-22-24-25-26)23-19(27)9-10-20-21-12-18(28-20)15-5-3-2-4-6-15/h2-8,11-13H,9-10H2,1H3,(H,23,27). The number of carbonyl (C=O) groups is 1. The first kappa shape index (κ1) is 17.6. The molecule has 1 amide bonds. The second kappa shape index (κ2) is 7.83. The number of carbonyl (C=O) groups excluding carboxylic acids is 1. The zero-order valence-electron chi connectivity index (χ0n) is 15.2. The number of benzene rings is 2. The number of aryl methyl sites for hydroxylation is 2. The topological polar surface area (TPSA) is 98.7 Å². The lowest BCUT2D eigenvalue weighted by Gasteiger charge is -2.09. The Balaban J connectivity index is 1.35. The molecule has 2 aromatic heterocycles. The van der Waals surface area contributed by atoms with Gasteiger partial charge in [0.1, 0.15) is 6.33 Å². The zero-order chi connectivity index (χ0) is 19.3. The van der Waals surface area contributed by atoms with Gasteiger partial charge in [-0.3, -0.25) is 4.79 Å². The van der Waals surface area contributed by atoms with Crippen LogP contribution in [0.4, 0.5) is 5.69 Å². The van der Waals surface area contributed by atoms with Crippen LogP contribution in [0.15, 0.2) is 65.5 Å². The van der Waals surface area contributed by atoms with E-state index in [-0.39, 0.29) is 12.3 Å². The first-order valence-corrected chi connectivity index (χ1v) is 8.83. The fraction of sp³-hybridized carbons (Fsp3) is 0.150. The molecule has 0 aliphatic heterocycles. The van der Waals surface area contributed by atoms with Crippen molar-refractivity contribution in [3.63, 3.8) is 0 Å². The average Bonchev–Trinajstić information content (AvgIpc) is 3.39. The molecule has 4 rings (SSSR count). The number of tetrazole rings is 1. The van der Waals surface area contributed by atoms with Crippen LogP contribution in [0.25, 0.3) is 17.0 Å². The number of amides is 1. The molecule has 140 valence electrons. The van der Waals surface area contributed by atoms with Crippen molar-refractivity contribution in [3.05, 3.63) is 72.5 Å². The lowest BCUT2D eigenvalue weighted by atomic mass is 10.1. The van der Waals surface area contributed by atoms with Gasteiger partial charge in [0.15, 0.2) is 11.7 Å². The lowest BCUT2D eigenvalue weighted by Crippen LogP contribution is -2.12. The minimum Gasteiger partial charge on any atom is -0.441 e. The molecule has 4 aromatic rings. The molecule has 0 unspecified atom stereocenters. The third-order valence-electron chi connectivity index (χ3n) is 4.25. The summed E-state index contributed by atoms with van der Waals surface area (Å²) in [5.41, 5.74) is 3.49. The van der Waals surface area contributed by atoms with Gasteiger partial charge in [0.05, 0.1) is 11.9 Å². The van der Waals surface area contributed by atoms with E-state index in [2.05, 4.69) is 25.8 Å². The molecule has 0 spiro atoms. The molecule has 8 nitrogen and oxygen atoms in total. The van der Waals surface area contributed by atoms with E-state index in [9.17, 15) is 4.79 Å². The molecule has 0 bridgehead atoms. The predicted octanol–water partition coefficient (Wildman–Crippen LogP) is 3.20. The molecule has 0 aliphatic rings. The van der Waals surface area contributed by atoms with Crippen molar-refractivity contribution in [2.45, 2.75) is 19.8 Å². The summed E-state index contributed by atoms with van der Waals surface area (Å²) in [7, 11) is 0. The van der Waals surface area contributed by atoms with Gasteiger partial charge in [-0.1, -0.05) is 30.3 Å². The Hall–Kier alpha value is -3.81. The number of hydrogen-bond acceptors (Lipinski definition) is 6. The largest absolute Gasteiger partial charge is 0.441 e. The Morgan fingerprint density at radius 3 is 2.79 bits per heavy atom. The Bertz CT molecular complexity index is 1070. The normalized spacial score (nSPS) is 10.8. The average molecular weight is 374 g/mol. The third-order valence-corrected chi connectivity index (χ3v) is 4.25. The second-order valence-electron chi connectivity index (χ2n) is 6.29. The fourth-order valence-electron chi connectivity index (χ4n) is 2.87. The van der Waals surface area contributed by atoms with Gasteiger partial charge in [0, 0.05) is 24.1 Å². The van der Waals surface area contributed by atoms with Crippen LogP contribution in [-0.4, -0.2) is 31.1 Å². The van der Waals surface area contributed by atoms with Gasteiger partial charge in [-0.25, -0.2) is 9.67 Å². The van der Waals surface area contributed by atoms with Crippen molar-refractivity contribution in [1.82, 2.24) is 25.2 Å². The molecule has 0 saturated carbocycles. The van der Waals surface area contributed by atoms with Crippen LogP contribution in [0.5, 0.6) is 0 Å². The number of anilines is 1. The Morgan fingerprint density at radius 2 is 2.04 bits per heavy atom. The summed E-state index contributed by atoms with van der Waals surface area (Å²) >= 11 is 0. The highest BCUT2D eigenvalue weighted by molar-refractivity contribution is 5.91. The maximum atomic E-state index is 12.3. The predicted molar refractivity (Wildman–Crippen MR) is 103 cm³/mol. The molecule has 28 heavy (non-hydrogen) atoms. The minimum atomic E-state index is -0.103. The van der Waals surface area contributed by atoms with Crippen LogP contribution < -0.4 is 5.32 Å². The molecule has 1 N–H and O–H groups in total. The van der Waals surface area contributed by atoms with Gasteiger partial charge in [-0.2, -0.15) is 0 Å². The molecular formula is C20H18N6O2. The van der Waals surface area contributed by atoms with Gasteiger partial charge < -0.3 is 9.73 Å². The highest BCUT2D eigenvalue weighted by Crippen LogP contribution is 2.21. The number of oxazole rings is 1. The number of nitrogens with one attached hydrogen (secondary N) is 1. The van der Waals surface area contributed by atoms with E-state index >= 15 is 0 Å². The molecule has 0 radical (unpaired) electrons. The number of nitrogens with zero attached hydrogens (tertiary/aromatic N) is 5. The van der Waals surface area contributed by atoms with Crippen molar-refractivity contribution in [1.29, 1.82) is 0 Å². The van der Waals surface area contributed by atoms with Crippen LogP contribution in [0.1, 0.15) is 17.9 Å². The zero-order valence-corrected chi connectivity index (χ0v) is 15.2. The van der Waals surface area contributed by atoms with Gasteiger partial charge in [0.2, 0.25) is 5.91 Å². The van der Waals surface area contributed by atoms with Gasteiger partial charge in [0.25, 0.3) is 0 Å². The fourth-order valence-corrected chi connectivity index (χ4v) is 2.87. The molecule has 0 fully saturated rings. The quantitative estimate of drug-likeness (QED) is 0.556. The van der Waals surface area contributed by atoms with Gasteiger partial charge in [-0.15, -0.1) is 5.10 Å².